The van der Waals surface area contributed by atoms with Crippen LogP contribution in [0.2, 0.25) is 0 Å². The smallest absolute Gasteiger partial charge is 0.126 e. The standard InChI is InChI=1S/C15H25N3O/c1-15(2,3)13-9-16-14(17-13)12-10-19-8-7-18(12)11-5-4-6-11/h9,11-12H,4-8,10H2,1-3H3,(H,16,17). The molecular weight excluding hydrogens is 238 g/mol. The summed E-state index contributed by atoms with van der Waals surface area (Å²) in [6, 6.07) is 1.06. The van der Waals surface area contributed by atoms with Gasteiger partial charge in [-0.1, -0.05) is 27.2 Å². The lowest BCUT2D eigenvalue weighted by molar-refractivity contribution is -0.0494. The lowest BCUT2D eigenvalue weighted by Crippen LogP contribution is -2.48. The van der Waals surface area contributed by atoms with Crippen molar-refractivity contribution in [2.75, 3.05) is 19.8 Å². The Hall–Kier alpha value is -0.870. The Labute approximate surface area is 115 Å². The van der Waals surface area contributed by atoms with Crippen LogP contribution in [0, 0.1) is 0 Å². The number of hydrogen-bond acceptors (Lipinski definition) is 3. The van der Waals surface area contributed by atoms with E-state index in [1.165, 1.54) is 25.0 Å². The molecule has 1 aliphatic carbocycles. The van der Waals surface area contributed by atoms with Crippen LogP contribution in [0.25, 0.3) is 0 Å². The zero-order valence-corrected chi connectivity index (χ0v) is 12.3. The molecule has 1 saturated carbocycles. The highest BCUT2D eigenvalue weighted by Gasteiger charge is 2.35. The monoisotopic (exact) mass is 263 g/mol. The molecule has 1 aliphatic heterocycles. The summed E-state index contributed by atoms with van der Waals surface area (Å²) in [6.07, 6.45) is 6.04. The van der Waals surface area contributed by atoms with Crippen molar-refractivity contribution in [3.05, 3.63) is 17.7 Å². The van der Waals surface area contributed by atoms with Gasteiger partial charge >= 0.3 is 0 Å². The van der Waals surface area contributed by atoms with Crippen molar-refractivity contribution in [3.8, 4) is 0 Å². The molecule has 106 valence electrons. The van der Waals surface area contributed by atoms with Crippen LogP contribution in [-0.4, -0.2) is 40.7 Å². The van der Waals surface area contributed by atoms with Gasteiger partial charge in [-0.25, -0.2) is 4.98 Å². The van der Waals surface area contributed by atoms with Gasteiger partial charge in [0.1, 0.15) is 5.82 Å². The van der Waals surface area contributed by atoms with Crippen molar-refractivity contribution < 1.29 is 4.74 Å². The van der Waals surface area contributed by atoms with E-state index in [2.05, 4.69) is 35.6 Å². The molecule has 19 heavy (non-hydrogen) atoms. The van der Waals surface area contributed by atoms with Crippen LogP contribution in [0.1, 0.15) is 57.6 Å². The number of aromatic nitrogens is 2. The number of rotatable bonds is 2. The molecule has 1 saturated heterocycles. The third-order valence-electron chi connectivity index (χ3n) is 4.43. The SMILES string of the molecule is CC(C)(C)c1cnc(C2COCCN2C2CCC2)[nH]1. The Balaban J connectivity index is 1.80. The van der Waals surface area contributed by atoms with Gasteiger partial charge in [0.25, 0.3) is 0 Å². The van der Waals surface area contributed by atoms with E-state index in [-0.39, 0.29) is 5.41 Å². The van der Waals surface area contributed by atoms with Crippen molar-refractivity contribution in [3.63, 3.8) is 0 Å². The fourth-order valence-corrected chi connectivity index (χ4v) is 2.90. The second-order valence-electron chi connectivity index (χ2n) is 6.85. The van der Waals surface area contributed by atoms with Crippen LogP contribution in [0.4, 0.5) is 0 Å². The molecule has 0 aromatic carbocycles. The Bertz CT molecular complexity index is 431. The molecule has 0 radical (unpaired) electrons. The van der Waals surface area contributed by atoms with Crippen molar-refractivity contribution in [1.82, 2.24) is 14.9 Å². The van der Waals surface area contributed by atoms with Gasteiger partial charge in [-0.2, -0.15) is 0 Å². The molecule has 1 N–H and O–H groups in total. The predicted molar refractivity (Wildman–Crippen MR) is 75.2 cm³/mol. The molecule has 0 amide bonds. The minimum Gasteiger partial charge on any atom is -0.378 e. The quantitative estimate of drug-likeness (QED) is 0.892. The van der Waals surface area contributed by atoms with Gasteiger partial charge in [0.15, 0.2) is 0 Å². The molecule has 4 nitrogen and oxygen atoms in total. The second-order valence-corrected chi connectivity index (χ2v) is 6.85. The Morgan fingerprint density at radius 1 is 1.37 bits per heavy atom. The van der Waals surface area contributed by atoms with Crippen molar-refractivity contribution in [2.45, 2.75) is 57.5 Å². The number of nitrogens with one attached hydrogen (secondary N) is 1. The van der Waals surface area contributed by atoms with Gasteiger partial charge in [-0.3, -0.25) is 4.90 Å². The molecule has 2 heterocycles. The highest BCUT2D eigenvalue weighted by atomic mass is 16.5. The average molecular weight is 263 g/mol. The zero-order chi connectivity index (χ0) is 13.5. The number of aromatic amines is 1. The summed E-state index contributed by atoms with van der Waals surface area (Å²) in [7, 11) is 0. The van der Waals surface area contributed by atoms with E-state index in [1.54, 1.807) is 0 Å². The maximum absolute atomic E-state index is 5.68. The van der Waals surface area contributed by atoms with Gasteiger partial charge in [0, 0.05) is 29.9 Å². The fourth-order valence-electron chi connectivity index (χ4n) is 2.90. The van der Waals surface area contributed by atoms with Crippen molar-refractivity contribution in [1.29, 1.82) is 0 Å². The zero-order valence-electron chi connectivity index (χ0n) is 12.3. The van der Waals surface area contributed by atoms with E-state index in [4.69, 9.17) is 4.74 Å². The minimum atomic E-state index is 0.127. The summed E-state index contributed by atoms with van der Waals surface area (Å²) in [5.74, 6) is 1.08. The molecule has 4 heteroatoms. The van der Waals surface area contributed by atoms with Gasteiger partial charge in [0.05, 0.1) is 19.3 Å². The molecule has 1 atom stereocenters. The number of imidazole rings is 1. The minimum absolute atomic E-state index is 0.127. The summed E-state index contributed by atoms with van der Waals surface area (Å²) in [6.45, 7) is 9.32. The van der Waals surface area contributed by atoms with Crippen LogP contribution < -0.4 is 0 Å². The first-order chi connectivity index (χ1) is 9.05. The summed E-state index contributed by atoms with van der Waals surface area (Å²) in [5.41, 5.74) is 1.34. The molecule has 0 spiro atoms. The second kappa shape index (κ2) is 4.91. The summed E-state index contributed by atoms with van der Waals surface area (Å²) in [4.78, 5) is 10.7. The molecular formula is C15H25N3O. The van der Waals surface area contributed by atoms with E-state index in [9.17, 15) is 0 Å². The topological polar surface area (TPSA) is 41.1 Å². The van der Waals surface area contributed by atoms with Crippen LogP contribution in [0.3, 0.4) is 0 Å². The number of ether oxygens (including phenoxy) is 1. The van der Waals surface area contributed by atoms with E-state index < -0.39 is 0 Å². The van der Waals surface area contributed by atoms with E-state index in [0.29, 0.717) is 6.04 Å². The first-order valence-electron chi connectivity index (χ1n) is 7.44. The number of H-pyrrole nitrogens is 1. The lowest BCUT2D eigenvalue weighted by Gasteiger charge is -2.44. The van der Waals surface area contributed by atoms with Crippen molar-refractivity contribution >= 4 is 0 Å². The first-order valence-corrected chi connectivity index (χ1v) is 7.44. The molecule has 3 rings (SSSR count). The summed E-state index contributed by atoms with van der Waals surface area (Å²) in [5, 5.41) is 0. The normalized spacial score (nSPS) is 26.4. The lowest BCUT2D eigenvalue weighted by atomic mass is 9.90. The first kappa shape index (κ1) is 13.1. The number of morpholine rings is 1. The van der Waals surface area contributed by atoms with Gasteiger partial charge in [-0.05, 0) is 12.8 Å². The fraction of sp³-hybridized carbons (Fsp3) is 0.800. The van der Waals surface area contributed by atoms with Crippen LogP contribution in [0.5, 0.6) is 0 Å². The summed E-state index contributed by atoms with van der Waals surface area (Å²) >= 11 is 0. The number of hydrogen-bond donors (Lipinski definition) is 1. The van der Waals surface area contributed by atoms with E-state index in [0.717, 1.165) is 31.6 Å². The Morgan fingerprint density at radius 3 is 2.74 bits per heavy atom. The highest BCUT2D eigenvalue weighted by Crippen LogP contribution is 2.33. The van der Waals surface area contributed by atoms with Gasteiger partial charge in [-0.15, -0.1) is 0 Å². The Morgan fingerprint density at radius 2 is 2.16 bits per heavy atom. The molecule has 1 aromatic rings. The molecule has 1 aromatic heterocycles. The third kappa shape index (κ3) is 2.56. The van der Waals surface area contributed by atoms with E-state index in [1.807, 2.05) is 6.20 Å². The van der Waals surface area contributed by atoms with E-state index >= 15 is 0 Å². The molecule has 2 aliphatic rings. The molecule has 1 unspecified atom stereocenters. The Kier molecular flexibility index (Phi) is 3.39. The van der Waals surface area contributed by atoms with Crippen LogP contribution >= 0.6 is 0 Å². The predicted octanol–water partition coefficient (Wildman–Crippen LogP) is 2.63. The largest absolute Gasteiger partial charge is 0.378 e. The third-order valence-corrected chi connectivity index (χ3v) is 4.43. The van der Waals surface area contributed by atoms with Crippen LogP contribution in [0.15, 0.2) is 6.20 Å². The molecule has 0 bridgehead atoms. The maximum Gasteiger partial charge on any atom is 0.126 e. The van der Waals surface area contributed by atoms with Gasteiger partial charge < -0.3 is 9.72 Å². The highest BCUT2D eigenvalue weighted by molar-refractivity contribution is 5.14. The number of nitrogens with zero attached hydrogens (tertiary/aromatic N) is 2. The van der Waals surface area contributed by atoms with Gasteiger partial charge in [0.2, 0.25) is 0 Å². The average Bonchev–Trinajstić information content (AvgIpc) is 2.76. The maximum atomic E-state index is 5.68. The van der Waals surface area contributed by atoms with Crippen molar-refractivity contribution in [2.24, 2.45) is 0 Å². The van der Waals surface area contributed by atoms with Crippen LogP contribution in [-0.2, 0) is 10.2 Å². The summed E-state index contributed by atoms with van der Waals surface area (Å²) < 4.78 is 5.68. The molecule has 2 fully saturated rings.